The van der Waals surface area contributed by atoms with E-state index in [0.29, 0.717) is 0 Å². The van der Waals surface area contributed by atoms with E-state index < -0.39 is 0 Å². The molecule has 0 aliphatic carbocycles. The Morgan fingerprint density at radius 1 is 1.33 bits per heavy atom. The lowest BCUT2D eigenvalue weighted by Crippen LogP contribution is -2.43. The van der Waals surface area contributed by atoms with Gasteiger partial charge in [-0.2, -0.15) is 0 Å². The van der Waals surface area contributed by atoms with Crippen LogP contribution in [0.1, 0.15) is 32.1 Å². The maximum atomic E-state index is 12.2. The van der Waals surface area contributed by atoms with E-state index in [2.05, 4.69) is 0 Å². The number of rotatable bonds is 2. The number of amides is 1. The van der Waals surface area contributed by atoms with Gasteiger partial charge in [0.15, 0.2) is 0 Å². The summed E-state index contributed by atoms with van der Waals surface area (Å²) in [5, 5.41) is 9.36. The minimum atomic E-state index is 0.0972. The van der Waals surface area contributed by atoms with Crippen molar-refractivity contribution in [3.8, 4) is 0 Å². The Hall–Kier alpha value is -0.220. The monoisotopic (exact) mass is 229 g/mol. The first-order chi connectivity index (χ1) is 7.33. The van der Waals surface area contributed by atoms with Crippen LogP contribution in [-0.4, -0.2) is 46.1 Å². The molecule has 0 radical (unpaired) electrons. The van der Waals surface area contributed by atoms with Crippen molar-refractivity contribution in [1.29, 1.82) is 0 Å². The predicted octanol–water partition coefficient (Wildman–Crippen LogP) is 1.26. The maximum Gasteiger partial charge on any atom is 0.236 e. The third kappa shape index (κ3) is 2.48. The Bertz CT molecular complexity index is 229. The Kier molecular flexibility index (Phi) is 3.92. The fraction of sp³-hybridized carbons (Fsp3) is 0.909. The molecule has 0 spiro atoms. The van der Waals surface area contributed by atoms with Gasteiger partial charge in [-0.25, -0.2) is 0 Å². The number of carbonyl (C=O) groups is 1. The molecule has 1 N–H and O–H groups in total. The molecule has 86 valence electrons. The SMILES string of the molecule is O=C(C1CCCCS1)N1CCCC1CO. The number of likely N-dealkylation sites (tertiary alicyclic amines) is 1. The van der Waals surface area contributed by atoms with Crippen molar-refractivity contribution in [3.05, 3.63) is 0 Å². The van der Waals surface area contributed by atoms with Crippen molar-refractivity contribution < 1.29 is 9.90 Å². The second kappa shape index (κ2) is 5.21. The number of thioether (sulfide) groups is 1. The van der Waals surface area contributed by atoms with Crippen LogP contribution in [-0.2, 0) is 4.79 Å². The fourth-order valence-electron chi connectivity index (χ4n) is 2.44. The lowest BCUT2D eigenvalue weighted by Gasteiger charge is -2.29. The molecule has 2 aliphatic rings. The maximum absolute atomic E-state index is 12.2. The van der Waals surface area contributed by atoms with Crippen LogP contribution in [0.25, 0.3) is 0 Å². The number of hydrogen-bond acceptors (Lipinski definition) is 3. The smallest absolute Gasteiger partial charge is 0.236 e. The van der Waals surface area contributed by atoms with Crippen LogP contribution in [0.2, 0.25) is 0 Å². The van der Waals surface area contributed by atoms with Crippen molar-refractivity contribution in [1.82, 2.24) is 4.90 Å². The summed E-state index contributed by atoms with van der Waals surface area (Å²) in [7, 11) is 0. The van der Waals surface area contributed by atoms with Crippen LogP contribution < -0.4 is 0 Å². The quantitative estimate of drug-likeness (QED) is 0.775. The van der Waals surface area contributed by atoms with Crippen LogP contribution >= 0.6 is 11.8 Å². The zero-order valence-corrected chi connectivity index (χ0v) is 9.84. The van der Waals surface area contributed by atoms with E-state index in [-0.39, 0.29) is 23.8 Å². The lowest BCUT2D eigenvalue weighted by molar-refractivity contribution is -0.132. The van der Waals surface area contributed by atoms with Crippen LogP contribution in [0, 0.1) is 0 Å². The Morgan fingerprint density at radius 3 is 2.87 bits per heavy atom. The first-order valence-electron chi connectivity index (χ1n) is 5.86. The van der Waals surface area contributed by atoms with Gasteiger partial charge >= 0.3 is 0 Å². The minimum Gasteiger partial charge on any atom is -0.394 e. The van der Waals surface area contributed by atoms with E-state index in [1.165, 1.54) is 12.8 Å². The fourth-order valence-corrected chi connectivity index (χ4v) is 3.70. The minimum absolute atomic E-state index is 0.0972. The third-order valence-corrected chi connectivity index (χ3v) is 4.69. The summed E-state index contributed by atoms with van der Waals surface area (Å²) in [6, 6.07) is 0.0972. The van der Waals surface area contributed by atoms with Gasteiger partial charge in [-0.3, -0.25) is 4.79 Å². The third-order valence-electron chi connectivity index (χ3n) is 3.33. The number of carbonyl (C=O) groups excluding carboxylic acids is 1. The van der Waals surface area contributed by atoms with Gasteiger partial charge in [-0.05, 0) is 31.4 Å². The van der Waals surface area contributed by atoms with E-state index >= 15 is 0 Å². The summed E-state index contributed by atoms with van der Waals surface area (Å²) in [5.41, 5.74) is 0. The zero-order chi connectivity index (χ0) is 10.7. The molecule has 2 fully saturated rings. The molecule has 0 aromatic rings. The van der Waals surface area contributed by atoms with E-state index in [1.807, 2.05) is 4.90 Å². The lowest BCUT2D eigenvalue weighted by atomic mass is 10.1. The molecule has 0 aromatic heterocycles. The Morgan fingerprint density at radius 2 is 2.20 bits per heavy atom. The van der Waals surface area contributed by atoms with Gasteiger partial charge in [0.05, 0.1) is 17.9 Å². The van der Waals surface area contributed by atoms with Crippen LogP contribution in [0.5, 0.6) is 0 Å². The van der Waals surface area contributed by atoms with Gasteiger partial charge < -0.3 is 10.0 Å². The summed E-state index contributed by atoms with van der Waals surface area (Å²) in [6.07, 6.45) is 5.48. The average molecular weight is 229 g/mol. The molecule has 3 nitrogen and oxygen atoms in total. The Labute approximate surface area is 95.2 Å². The van der Waals surface area contributed by atoms with Crippen molar-refractivity contribution in [2.45, 2.75) is 43.4 Å². The van der Waals surface area contributed by atoms with E-state index in [0.717, 1.165) is 31.6 Å². The van der Waals surface area contributed by atoms with Crippen molar-refractivity contribution in [2.24, 2.45) is 0 Å². The summed E-state index contributed by atoms with van der Waals surface area (Å²) in [6.45, 7) is 0.976. The number of aliphatic hydroxyl groups is 1. The number of nitrogens with zero attached hydrogens (tertiary/aromatic N) is 1. The highest BCUT2D eigenvalue weighted by Gasteiger charge is 2.33. The van der Waals surface area contributed by atoms with E-state index in [9.17, 15) is 9.90 Å². The predicted molar refractivity (Wildman–Crippen MR) is 61.9 cm³/mol. The molecule has 4 heteroatoms. The summed E-state index contributed by atoms with van der Waals surface area (Å²) in [5.74, 6) is 1.39. The molecule has 2 aliphatic heterocycles. The second-order valence-corrected chi connectivity index (χ2v) is 5.68. The highest BCUT2D eigenvalue weighted by atomic mass is 32.2. The van der Waals surface area contributed by atoms with Crippen molar-refractivity contribution in [3.63, 3.8) is 0 Å². The molecule has 1 amide bonds. The second-order valence-electron chi connectivity index (χ2n) is 4.37. The molecule has 0 aromatic carbocycles. The van der Waals surface area contributed by atoms with Gasteiger partial charge in [0.1, 0.15) is 0 Å². The molecule has 2 unspecified atom stereocenters. The largest absolute Gasteiger partial charge is 0.394 e. The highest BCUT2D eigenvalue weighted by Crippen LogP contribution is 2.29. The molecule has 2 heterocycles. The normalized spacial score (nSPS) is 31.9. The highest BCUT2D eigenvalue weighted by molar-refractivity contribution is 8.00. The molecule has 0 bridgehead atoms. The molecule has 2 atom stereocenters. The van der Waals surface area contributed by atoms with Crippen LogP contribution in [0.4, 0.5) is 0 Å². The van der Waals surface area contributed by atoms with Crippen molar-refractivity contribution >= 4 is 17.7 Å². The summed E-state index contributed by atoms with van der Waals surface area (Å²) < 4.78 is 0. The van der Waals surface area contributed by atoms with Gasteiger partial charge in [-0.1, -0.05) is 6.42 Å². The van der Waals surface area contributed by atoms with Crippen LogP contribution in [0.3, 0.4) is 0 Å². The zero-order valence-electron chi connectivity index (χ0n) is 9.02. The molecular formula is C11H19NO2S. The standard InChI is InChI=1S/C11H19NO2S/c13-8-9-4-3-6-12(9)11(14)10-5-1-2-7-15-10/h9-10,13H,1-8H2. The average Bonchev–Trinajstić information content (AvgIpc) is 2.77. The van der Waals surface area contributed by atoms with E-state index in [4.69, 9.17) is 0 Å². The van der Waals surface area contributed by atoms with E-state index in [1.54, 1.807) is 11.8 Å². The summed E-state index contributed by atoms with van der Waals surface area (Å²) in [4.78, 5) is 14.1. The molecular weight excluding hydrogens is 210 g/mol. The number of hydrogen-bond donors (Lipinski definition) is 1. The molecule has 0 saturated carbocycles. The topological polar surface area (TPSA) is 40.5 Å². The van der Waals surface area contributed by atoms with Gasteiger partial charge in [0, 0.05) is 6.54 Å². The molecule has 15 heavy (non-hydrogen) atoms. The Balaban J connectivity index is 1.93. The van der Waals surface area contributed by atoms with Crippen LogP contribution in [0.15, 0.2) is 0 Å². The summed E-state index contributed by atoms with van der Waals surface area (Å²) >= 11 is 1.80. The molecule has 2 rings (SSSR count). The van der Waals surface area contributed by atoms with Gasteiger partial charge in [-0.15, -0.1) is 11.8 Å². The first kappa shape index (κ1) is 11.3. The molecule has 2 saturated heterocycles. The number of aliphatic hydroxyl groups excluding tert-OH is 1. The van der Waals surface area contributed by atoms with Gasteiger partial charge in [0.2, 0.25) is 5.91 Å². The first-order valence-corrected chi connectivity index (χ1v) is 6.90. The van der Waals surface area contributed by atoms with Crippen molar-refractivity contribution in [2.75, 3.05) is 18.9 Å². The van der Waals surface area contributed by atoms with Gasteiger partial charge in [0.25, 0.3) is 0 Å².